The number of benzene rings is 2. The zero-order chi connectivity index (χ0) is 24.7. The first-order chi connectivity index (χ1) is 17.3. The predicted molar refractivity (Wildman–Crippen MR) is 145 cm³/mol. The highest BCUT2D eigenvalue weighted by molar-refractivity contribution is 7.71. The predicted octanol–water partition coefficient (Wildman–Crippen LogP) is 4.99. The van der Waals surface area contributed by atoms with Crippen molar-refractivity contribution in [3.63, 3.8) is 0 Å². The molecule has 2 aliphatic carbocycles. The van der Waals surface area contributed by atoms with Crippen molar-refractivity contribution in [1.29, 1.82) is 0 Å². The van der Waals surface area contributed by atoms with Gasteiger partial charge in [0.2, 0.25) is 0 Å². The van der Waals surface area contributed by atoms with Crippen LogP contribution in [0.15, 0.2) is 60.9 Å². The van der Waals surface area contributed by atoms with Crippen LogP contribution in [-0.4, -0.2) is 29.9 Å². The molecular formula is C28H31BN4O2S. The normalized spacial score (nSPS) is 31.4. The van der Waals surface area contributed by atoms with Gasteiger partial charge in [-0.2, -0.15) is 0 Å². The molecule has 0 amide bonds. The Balaban J connectivity index is 1.17. The van der Waals surface area contributed by atoms with E-state index in [1.807, 2.05) is 0 Å². The summed E-state index contributed by atoms with van der Waals surface area (Å²) < 4.78 is 14.5. The average Bonchev–Trinajstić information content (AvgIpc) is 3.58. The van der Waals surface area contributed by atoms with Gasteiger partial charge in [-0.3, -0.25) is 0 Å². The lowest BCUT2D eigenvalue weighted by molar-refractivity contribution is -0.0800. The number of fused-ring (bicyclic) bond motifs is 6. The Kier molecular flexibility index (Phi) is 4.79. The maximum Gasteiger partial charge on any atom is 0.494 e. The molecule has 4 unspecified atom stereocenters. The fourth-order valence-corrected chi connectivity index (χ4v) is 7.84. The van der Waals surface area contributed by atoms with Crippen LogP contribution in [0.3, 0.4) is 0 Å². The van der Waals surface area contributed by atoms with E-state index in [2.05, 4.69) is 95.6 Å². The number of H-pyrrole nitrogens is 1. The zero-order valence-corrected chi connectivity index (χ0v) is 21.8. The molecule has 7 rings (SSSR count). The summed E-state index contributed by atoms with van der Waals surface area (Å²) in [6.45, 7) is 8.73. The monoisotopic (exact) mass is 498 g/mol. The van der Waals surface area contributed by atoms with Crippen molar-refractivity contribution >= 4 is 36.3 Å². The number of nitrogens with one attached hydrogen (secondary N) is 2. The molecule has 2 aromatic carbocycles. The van der Waals surface area contributed by atoms with E-state index in [0.29, 0.717) is 17.2 Å². The Morgan fingerprint density at radius 3 is 2.67 bits per heavy atom. The first-order valence-electron chi connectivity index (χ1n) is 12.9. The summed E-state index contributed by atoms with van der Waals surface area (Å²) in [7, 11) is -0.364. The van der Waals surface area contributed by atoms with Gasteiger partial charge in [0, 0.05) is 12.0 Å². The molecule has 3 fully saturated rings. The van der Waals surface area contributed by atoms with Gasteiger partial charge in [0.1, 0.15) is 17.1 Å². The zero-order valence-electron chi connectivity index (χ0n) is 21.0. The van der Waals surface area contributed by atoms with E-state index < -0.39 is 5.60 Å². The van der Waals surface area contributed by atoms with Gasteiger partial charge in [-0.15, -0.1) is 0 Å². The largest absolute Gasteiger partial charge is 0.494 e. The van der Waals surface area contributed by atoms with Gasteiger partial charge in [0.25, 0.3) is 0 Å². The number of rotatable bonds is 4. The van der Waals surface area contributed by atoms with Crippen molar-refractivity contribution in [3.05, 3.63) is 76.7 Å². The Morgan fingerprint density at radius 2 is 1.89 bits per heavy atom. The smallest absolute Gasteiger partial charge is 0.401 e. The van der Waals surface area contributed by atoms with Crippen LogP contribution in [0.4, 0.5) is 11.5 Å². The highest BCUT2D eigenvalue weighted by atomic mass is 32.1. The molecule has 2 bridgehead atoms. The minimum Gasteiger partial charge on any atom is -0.401 e. The fraction of sp³-hybridized carbons (Fsp3) is 0.429. The van der Waals surface area contributed by atoms with E-state index in [1.165, 1.54) is 17.5 Å². The second-order valence-corrected chi connectivity index (χ2v) is 11.9. The van der Waals surface area contributed by atoms with Gasteiger partial charge in [-0.1, -0.05) is 87.6 Å². The van der Waals surface area contributed by atoms with Crippen LogP contribution >= 0.6 is 12.2 Å². The van der Waals surface area contributed by atoms with Crippen molar-refractivity contribution < 1.29 is 9.31 Å². The van der Waals surface area contributed by atoms with Crippen molar-refractivity contribution in [2.75, 3.05) is 16.9 Å². The molecule has 2 N–H and O–H groups in total. The summed E-state index contributed by atoms with van der Waals surface area (Å²) in [5.41, 5.74) is 4.18. The van der Waals surface area contributed by atoms with E-state index in [-0.39, 0.29) is 24.1 Å². The van der Waals surface area contributed by atoms with Crippen LogP contribution in [0.5, 0.6) is 0 Å². The van der Waals surface area contributed by atoms with Crippen LogP contribution in [0.1, 0.15) is 44.7 Å². The maximum absolute atomic E-state index is 7.08. The van der Waals surface area contributed by atoms with Crippen LogP contribution in [-0.2, 0) is 21.5 Å². The van der Waals surface area contributed by atoms with Crippen molar-refractivity contribution in [1.82, 2.24) is 9.97 Å². The quantitative estimate of drug-likeness (QED) is 0.391. The summed E-state index contributed by atoms with van der Waals surface area (Å²) in [6, 6.07) is 19.5. The number of aromatic amines is 1. The van der Waals surface area contributed by atoms with Crippen LogP contribution < -0.4 is 15.7 Å². The Morgan fingerprint density at radius 1 is 1.11 bits per heavy atom. The molecule has 3 heterocycles. The minimum atomic E-state index is -0.430. The van der Waals surface area contributed by atoms with E-state index in [1.54, 1.807) is 6.33 Å². The number of nitrogens with zero attached hydrogens (tertiary/aromatic N) is 2. The summed E-state index contributed by atoms with van der Waals surface area (Å²) in [6.07, 6.45) is 4.08. The molecule has 0 spiro atoms. The molecular weight excluding hydrogens is 467 g/mol. The molecule has 1 saturated heterocycles. The number of hydrogen-bond donors (Lipinski definition) is 2. The molecule has 2 saturated carbocycles. The summed E-state index contributed by atoms with van der Waals surface area (Å²) in [5.74, 6) is 1.47. The van der Waals surface area contributed by atoms with Crippen LogP contribution in [0.25, 0.3) is 0 Å². The lowest BCUT2D eigenvalue weighted by atomic mass is 9.61. The highest BCUT2D eigenvalue weighted by Gasteiger charge is 2.78. The third-order valence-electron chi connectivity index (χ3n) is 9.88. The number of anilines is 2. The minimum absolute atomic E-state index is 0.0104. The van der Waals surface area contributed by atoms with E-state index in [0.717, 1.165) is 29.9 Å². The second-order valence-electron chi connectivity index (χ2n) is 11.5. The lowest BCUT2D eigenvalue weighted by Crippen LogP contribution is -2.50. The number of aromatic nitrogens is 2. The Hall–Kier alpha value is -2.68. The maximum atomic E-state index is 7.08. The first-order valence-corrected chi connectivity index (χ1v) is 13.3. The molecule has 8 heteroatoms. The standard InChI is InChI=1S/C28H31BN4O2S/c1-26(2)21-13-14-27(26,3)28(19-7-5-4-6-8-19)23(21)34-29(35-28)20-11-9-18(10-12-20)15-33-17-32-22-24(33)30-16-31-25(22)36/h4-12,16,21,23,32H,13-15,17H2,1-3H3,(H,30,31,36). The lowest BCUT2D eigenvalue weighted by Gasteiger charge is -2.48. The molecule has 184 valence electrons. The van der Waals surface area contributed by atoms with Gasteiger partial charge in [-0.25, -0.2) is 4.98 Å². The molecule has 36 heavy (non-hydrogen) atoms. The topological polar surface area (TPSA) is 62.4 Å². The summed E-state index contributed by atoms with van der Waals surface area (Å²) >= 11 is 5.35. The summed E-state index contributed by atoms with van der Waals surface area (Å²) in [4.78, 5) is 9.63. The summed E-state index contributed by atoms with van der Waals surface area (Å²) in [5, 5.41) is 3.35. The van der Waals surface area contributed by atoms with Gasteiger partial charge >= 0.3 is 7.12 Å². The second kappa shape index (κ2) is 7.67. The van der Waals surface area contributed by atoms with Gasteiger partial charge in [0.05, 0.1) is 19.1 Å². The molecule has 6 nitrogen and oxygen atoms in total. The molecule has 2 aliphatic heterocycles. The van der Waals surface area contributed by atoms with Gasteiger partial charge < -0.3 is 24.5 Å². The first kappa shape index (κ1) is 22.5. The van der Waals surface area contributed by atoms with E-state index in [4.69, 9.17) is 21.5 Å². The molecule has 1 aromatic heterocycles. The third kappa shape index (κ3) is 2.81. The molecule has 4 atom stereocenters. The van der Waals surface area contributed by atoms with Crippen LogP contribution in [0.2, 0.25) is 0 Å². The molecule has 3 aromatic rings. The van der Waals surface area contributed by atoms with E-state index in [9.17, 15) is 0 Å². The van der Waals surface area contributed by atoms with Crippen molar-refractivity contribution in [2.24, 2.45) is 16.7 Å². The SMILES string of the molecule is CC1(C)C2CCC1(C)C1(c3ccccc3)OB(c3ccc(CN4CNc5c4[nH]cnc5=S)cc3)OC21. The van der Waals surface area contributed by atoms with Gasteiger partial charge in [0.15, 0.2) is 4.64 Å². The Labute approximate surface area is 217 Å². The van der Waals surface area contributed by atoms with E-state index >= 15 is 0 Å². The fourth-order valence-electron chi connectivity index (χ4n) is 7.62. The molecule has 0 radical (unpaired) electrons. The Bertz CT molecular complexity index is 1380. The highest BCUT2D eigenvalue weighted by Crippen LogP contribution is 2.76. The molecule has 4 aliphatic rings. The van der Waals surface area contributed by atoms with Crippen molar-refractivity contribution in [2.45, 2.75) is 51.9 Å². The van der Waals surface area contributed by atoms with Crippen LogP contribution in [0, 0.1) is 21.4 Å². The average molecular weight is 498 g/mol. The van der Waals surface area contributed by atoms with Crippen molar-refractivity contribution in [3.8, 4) is 0 Å². The van der Waals surface area contributed by atoms with Gasteiger partial charge in [-0.05, 0) is 40.8 Å². The number of hydrogen-bond acceptors (Lipinski definition) is 6. The third-order valence-corrected chi connectivity index (χ3v) is 10.2.